The van der Waals surface area contributed by atoms with Crippen molar-refractivity contribution in [1.82, 2.24) is 9.97 Å². The van der Waals surface area contributed by atoms with Crippen molar-refractivity contribution >= 4 is 23.5 Å². The number of hydrogen-bond acceptors (Lipinski definition) is 8. The number of nitrogens with zero attached hydrogens (tertiary/aromatic N) is 3. The molecule has 0 radical (unpaired) electrons. The number of aromatic nitrogens is 2. The number of nitrogens with one attached hydrogen (secondary N) is 1. The molecule has 200 valence electrons. The van der Waals surface area contributed by atoms with Crippen LogP contribution in [0.4, 0.5) is 11.6 Å². The summed E-state index contributed by atoms with van der Waals surface area (Å²) in [5.74, 6) is 1.63. The number of hydrogen-bond donors (Lipinski definition) is 2. The predicted molar refractivity (Wildman–Crippen MR) is 142 cm³/mol. The number of anilines is 2. The summed E-state index contributed by atoms with van der Waals surface area (Å²) in [5.41, 5.74) is 0.755. The van der Waals surface area contributed by atoms with Gasteiger partial charge in [-0.2, -0.15) is 0 Å². The first-order valence-electron chi connectivity index (χ1n) is 12.6. The standard InChI is InChI=1S/C28H32N4O6/c1-3-36-23-8-4-5-9-24(23)38-22-7-6-14-32(18-22)26-17-29-16-25(30-26)31-27(33)15-20-10-12-21(13-11-20)37-19(2)28(34)35/h4-5,8-13,16-17,19,22H,3,6-7,14-15,18H2,1-2H3,(H,34,35)(H,30,31,33)/t19-,22-/m1/s1. The Morgan fingerprint density at radius 1 is 1.13 bits per heavy atom. The third-order valence-electron chi connectivity index (χ3n) is 5.98. The molecule has 0 saturated carbocycles. The smallest absolute Gasteiger partial charge is 0.344 e. The zero-order valence-corrected chi connectivity index (χ0v) is 21.5. The fourth-order valence-electron chi connectivity index (χ4n) is 4.13. The Balaban J connectivity index is 1.33. The maximum atomic E-state index is 12.6. The zero-order chi connectivity index (χ0) is 26.9. The molecule has 1 saturated heterocycles. The topological polar surface area (TPSA) is 123 Å². The Morgan fingerprint density at radius 2 is 1.89 bits per heavy atom. The molecule has 0 unspecified atom stereocenters. The minimum absolute atomic E-state index is 0.0316. The SMILES string of the molecule is CCOc1ccccc1O[C@@H]1CCCN(c2cncc(NC(=O)Cc3ccc(O[C@H](C)C(=O)O)cc3)n2)C1. The van der Waals surface area contributed by atoms with E-state index in [1.807, 2.05) is 31.2 Å². The molecule has 1 fully saturated rings. The minimum atomic E-state index is -1.05. The van der Waals surface area contributed by atoms with Gasteiger partial charge in [0.15, 0.2) is 23.4 Å². The normalized spacial score (nSPS) is 15.8. The van der Waals surface area contributed by atoms with Gasteiger partial charge in [-0.05, 0) is 56.5 Å². The van der Waals surface area contributed by atoms with Gasteiger partial charge in [-0.3, -0.25) is 9.78 Å². The Hall–Kier alpha value is -4.34. The number of para-hydroxylation sites is 2. The fraction of sp³-hybridized carbons (Fsp3) is 0.357. The van der Waals surface area contributed by atoms with Gasteiger partial charge in [-0.15, -0.1) is 0 Å². The third kappa shape index (κ3) is 7.34. The maximum Gasteiger partial charge on any atom is 0.344 e. The highest BCUT2D eigenvalue weighted by molar-refractivity contribution is 5.91. The number of aliphatic carboxylic acids is 1. The van der Waals surface area contributed by atoms with Gasteiger partial charge in [0.05, 0.1) is 32.0 Å². The van der Waals surface area contributed by atoms with Crippen LogP contribution in [0.15, 0.2) is 60.9 Å². The van der Waals surface area contributed by atoms with E-state index in [0.717, 1.165) is 36.4 Å². The summed E-state index contributed by atoms with van der Waals surface area (Å²) in [6, 6.07) is 14.4. The molecule has 0 spiro atoms. The molecular formula is C28H32N4O6. The van der Waals surface area contributed by atoms with Crippen LogP contribution in [-0.4, -0.2) is 58.9 Å². The Labute approximate surface area is 221 Å². The Bertz CT molecular complexity index is 1240. The number of piperidine rings is 1. The maximum absolute atomic E-state index is 12.6. The average molecular weight is 521 g/mol. The minimum Gasteiger partial charge on any atom is -0.490 e. The van der Waals surface area contributed by atoms with Crippen molar-refractivity contribution in [3.8, 4) is 17.2 Å². The van der Waals surface area contributed by atoms with Gasteiger partial charge < -0.3 is 29.5 Å². The molecule has 0 aliphatic carbocycles. The molecule has 0 bridgehead atoms. The lowest BCUT2D eigenvalue weighted by Crippen LogP contribution is -2.41. The van der Waals surface area contributed by atoms with Crippen LogP contribution in [0.3, 0.4) is 0 Å². The summed E-state index contributed by atoms with van der Waals surface area (Å²) in [5, 5.41) is 11.8. The van der Waals surface area contributed by atoms with Crippen molar-refractivity contribution in [2.45, 2.75) is 45.3 Å². The van der Waals surface area contributed by atoms with Gasteiger partial charge in [0, 0.05) is 6.54 Å². The van der Waals surface area contributed by atoms with E-state index in [1.165, 1.54) is 13.1 Å². The van der Waals surface area contributed by atoms with Crippen LogP contribution < -0.4 is 24.4 Å². The van der Waals surface area contributed by atoms with Gasteiger partial charge in [0.1, 0.15) is 17.7 Å². The monoisotopic (exact) mass is 520 g/mol. The lowest BCUT2D eigenvalue weighted by molar-refractivity contribution is -0.144. The number of ether oxygens (including phenoxy) is 3. The number of carboxylic acid groups (broad SMARTS) is 1. The van der Waals surface area contributed by atoms with E-state index in [-0.39, 0.29) is 18.4 Å². The lowest BCUT2D eigenvalue weighted by Gasteiger charge is -2.33. The number of carboxylic acids is 1. The van der Waals surface area contributed by atoms with Crippen LogP contribution in [0.1, 0.15) is 32.3 Å². The quantitative estimate of drug-likeness (QED) is 0.387. The molecule has 10 nitrogen and oxygen atoms in total. The van der Waals surface area contributed by atoms with Gasteiger partial charge in [0.2, 0.25) is 5.91 Å². The summed E-state index contributed by atoms with van der Waals surface area (Å²) in [7, 11) is 0. The van der Waals surface area contributed by atoms with Gasteiger partial charge in [-0.25, -0.2) is 9.78 Å². The molecule has 2 aromatic carbocycles. The van der Waals surface area contributed by atoms with E-state index in [9.17, 15) is 9.59 Å². The van der Waals surface area contributed by atoms with Crippen LogP contribution in [0.2, 0.25) is 0 Å². The molecular weight excluding hydrogens is 488 g/mol. The lowest BCUT2D eigenvalue weighted by atomic mass is 10.1. The zero-order valence-electron chi connectivity index (χ0n) is 21.5. The van der Waals surface area contributed by atoms with E-state index >= 15 is 0 Å². The first kappa shape index (κ1) is 26.7. The van der Waals surface area contributed by atoms with E-state index in [4.69, 9.17) is 19.3 Å². The number of amides is 1. The van der Waals surface area contributed by atoms with Gasteiger partial charge >= 0.3 is 5.97 Å². The average Bonchev–Trinajstić information content (AvgIpc) is 2.91. The molecule has 1 aliphatic heterocycles. The van der Waals surface area contributed by atoms with E-state index in [0.29, 0.717) is 30.5 Å². The van der Waals surface area contributed by atoms with Crippen molar-refractivity contribution in [1.29, 1.82) is 0 Å². The van der Waals surface area contributed by atoms with E-state index in [1.54, 1.807) is 30.5 Å². The van der Waals surface area contributed by atoms with Crippen molar-refractivity contribution < 1.29 is 28.9 Å². The molecule has 2 atom stereocenters. The highest BCUT2D eigenvalue weighted by atomic mass is 16.5. The Morgan fingerprint density at radius 3 is 2.63 bits per heavy atom. The molecule has 38 heavy (non-hydrogen) atoms. The largest absolute Gasteiger partial charge is 0.490 e. The van der Waals surface area contributed by atoms with Gasteiger partial charge in [0.25, 0.3) is 0 Å². The van der Waals surface area contributed by atoms with Crippen LogP contribution in [0, 0.1) is 0 Å². The molecule has 1 aromatic heterocycles. The molecule has 4 rings (SSSR count). The predicted octanol–water partition coefficient (Wildman–Crippen LogP) is 3.96. The first-order chi connectivity index (χ1) is 18.4. The summed E-state index contributed by atoms with van der Waals surface area (Å²) in [6.07, 6.45) is 4.19. The molecule has 3 aromatic rings. The highest BCUT2D eigenvalue weighted by Crippen LogP contribution is 2.30. The molecule has 10 heteroatoms. The van der Waals surface area contributed by atoms with Crippen LogP contribution in [0.5, 0.6) is 17.2 Å². The van der Waals surface area contributed by atoms with Crippen LogP contribution in [-0.2, 0) is 16.0 Å². The number of carbonyl (C=O) groups excluding carboxylic acids is 1. The van der Waals surface area contributed by atoms with Crippen molar-refractivity contribution in [2.24, 2.45) is 0 Å². The second-order valence-corrected chi connectivity index (χ2v) is 8.94. The number of benzene rings is 2. The highest BCUT2D eigenvalue weighted by Gasteiger charge is 2.24. The molecule has 1 aliphatic rings. The third-order valence-corrected chi connectivity index (χ3v) is 5.98. The summed E-state index contributed by atoms with van der Waals surface area (Å²) < 4.78 is 17.3. The van der Waals surface area contributed by atoms with Crippen molar-refractivity contribution in [3.63, 3.8) is 0 Å². The van der Waals surface area contributed by atoms with E-state index in [2.05, 4.69) is 20.2 Å². The van der Waals surface area contributed by atoms with Crippen molar-refractivity contribution in [3.05, 3.63) is 66.5 Å². The van der Waals surface area contributed by atoms with Crippen molar-refractivity contribution in [2.75, 3.05) is 29.9 Å². The van der Waals surface area contributed by atoms with Crippen LogP contribution in [0.25, 0.3) is 0 Å². The Kier molecular flexibility index (Phi) is 8.97. The summed E-state index contributed by atoms with van der Waals surface area (Å²) >= 11 is 0. The van der Waals surface area contributed by atoms with Gasteiger partial charge in [-0.1, -0.05) is 24.3 Å². The number of rotatable bonds is 11. The second-order valence-electron chi connectivity index (χ2n) is 8.94. The van der Waals surface area contributed by atoms with Crippen LogP contribution >= 0.6 is 0 Å². The summed E-state index contributed by atoms with van der Waals surface area (Å²) in [6.45, 7) is 5.42. The first-order valence-corrected chi connectivity index (χ1v) is 12.6. The number of carbonyl (C=O) groups is 2. The molecule has 2 heterocycles. The second kappa shape index (κ2) is 12.8. The van der Waals surface area contributed by atoms with E-state index < -0.39 is 12.1 Å². The summed E-state index contributed by atoms with van der Waals surface area (Å²) in [4.78, 5) is 34.6. The fourth-order valence-corrected chi connectivity index (χ4v) is 4.13. The molecule has 2 N–H and O–H groups in total. The molecule has 1 amide bonds.